The van der Waals surface area contributed by atoms with Gasteiger partial charge < -0.3 is 15.2 Å². The lowest BCUT2D eigenvalue weighted by Crippen LogP contribution is -2.05. The molecule has 0 bridgehead atoms. The summed E-state index contributed by atoms with van der Waals surface area (Å²) in [5, 5.41) is 22.6. The van der Waals surface area contributed by atoms with Crippen LogP contribution < -0.4 is 10.1 Å². The predicted molar refractivity (Wildman–Crippen MR) is 69.1 cm³/mol. The molecule has 0 heterocycles. The largest absolute Gasteiger partial charge is 0.487 e. The lowest BCUT2D eigenvalue weighted by atomic mass is 10.2. The third kappa shape index (κ3) is 4.21. The van der Waals surface area contributed by atoms with Gasteiger partial charge in [0.05, 0.1) is 11.5 Å². The normalized spacial score (nSPS) is 10.1. The molecule has 100 valence electrons. The van der Waals surface area contributed by atoms with E-state index in [0.29, 0.717) is 19.6 Å². The molecule has 0 saturated carbocycles. The van der Waals surface area contributed by atoms with Gasteiger partial charge in [0.1, 0.15) is 0 Å². The number of nitrogens with one attached hydrogen (secondary N) is 1. The van der Waals surface area contributed by atoms with E-state index >= 15 is 0 Å². The quantitative estimate of drug-likeness (QED) is 0.422. The first-order valence-corrected chi connectivity index (χ1v) is 5.95. The maximum Gasteiger partial charge on any atom is 0.311 e. The molecule has 6 nitrogen and oxygen atoms in total. The van der Waals surface area contributed by atoms with Gasteiger partial charge in [0.2, 0.25) is 0 Å². The van der Waals surface area contributed by atoms with Crippen molar-refractivity contribution in [2.24, 2.45) is 0 Å². The average Bonchev–Trinajstić information content (AvgIpc) is 2.36. The van der Waals surface area contributed by atoms with Crippen molar-refractivity contribution >= 4 is 11.4 Å². The molecule has 1 aromatic rings. The van der Waals surface area contributed by atoms with Gasteiger partial charge in [0.15, 0.2) is 5.75 Å². The highest BCUT2D eigenvalue weighted by Gasteiger charge is 2.15. The Balaban J connectivity index is 2.80. The Labute approximate surface area is 106 Å². The second-order valence-corrected chi connectivity index (χ2v) is 3.79. The standard InChI is InChI=1S/C12H18N2O4/c1-2-8-18-12-9-10(13-6-3-7-15)4-5-11(12)14(16)17/h4-5,9,13,15H,2-3,6-8H2,1H3. The minimum atomic E-state index is -0.456. The Morgan fingerprint density at radius 2 is 2.28 bits per heavy atom. The Morgan fingerprint density at radius 1 is 1.50 bits per heavy atom. The number of nitro groups is 1. The fourth-order valence-electron chi connectivity index (χ4n) is 1.41. The minimum Gasteiger partial charge on any atom is -0.487 e. The van der Waals surface area contributed by atoms with Crippen LogP contribution in [0.3, 0.4) is 0 Å². The van der Waals surface area contributed by atoms with Crippen molar-refractivity contribution < 1.29 is 14.8 Å². The maximum absolute atomic E-state index is 10.8. The summed E-state index contributed by atoms with van der Waals surface area (Å²) in [5.74, 6) is 0.274. The zero-order valence-corrected chi connectivity index (χ0v) is 10.4. The summed E-state index contributed by atoms with van der Waals surface area (Å²) in [7, 11) is 0. The number of nitrogens with zero attached hydrogens (tertiary/aromatic N) is 1. The van der Waals surface area contributed by atoms with Gasteiger partial charge in [-0.15, -0.1) is 0 Å². The van der Waals surface area contributed by atoms with E-state index in [-0.39, 0.29) is 18.0 Å². The summed E-state index contributed by atoms with van der Waals surface area (Å²) in [5.41, 5.74) is 0.719. The van der Waals surface area contributed by atoms with Crippen molar-refractivity contribution in [2.45, 2.75) is 19.8 Å². The van der Waals surface area contributed by atoms with Crippen molar-refractivity contribution in [1.29, 1.82) is 0 Å². The van der Waals surface area contributed by atoms with E-state index in [4.69, 9.17) is 9.84 Å². The van der Waals surface area contributed by atoms with E-state index < -0.39 is 4.92 Å². The Bertz CT molecular complexity index is 396. The summed E-state index contributed by atoms with van der Waals surface area (Å²) in [6.45, 7) is 3.11. The van der Waals surface area contributed by atoms with Gasteiger partial charge >= 0.3 is 5.69 Å². The number of benzene rings is 1. The molecule has 1 aromatic carbocycles. The molecule has 2 N–H and O–H groups in total. The number of aliphatic hydroxyl groups is 1. The Kier molecular flexibility index (Phi) is 5.93. The molecule has 0 atom stereocenters. The average molecular weight is 254 g/mol. The summed E-state index contributed by atoms with van der Waals surface area (Å²) in [6.07, 6.45) is 1.42. The van der Waals surface area contributed by atoms with Crippen molar-refractivity contribution in [3.05, 3.63) is 28.3 Å². The van der Waals surface area contributed by atoms with Crippen LogP contribution in [0.1, 0.15) is 19.8 Å². The van der Waals surface area contributed by atoms with Gasteiger partial charge in [-0.05, 0) is 18.9 Å². The molecule has 6 heteroatoms. The fraction of sp³-hybridized carbons (Fsp3) is 0.500. The molecule has 0 aliphatic rings. The number of anilines is 1. The molecule has 1 rings (SSSR count). The SMILES string of the molecule is CCCOc1cc(NCCCO)ccc1[N+](=O)[O-]. The van der Waals surface area contributed by atoms with Crippen LogP contribution in [-0.4, -0.2) is 29.8 Å². The van der Waals surface area contributed by atoms with E-state index in [2.05, 4.69) is 5.32 Å². The second-order valence-electron chi connectivity index (χ2n) is 3.79. The third-order valence-electron chi connectivity index (χ3n) is 2.28. The van der Waals surface area contributed by atoms with E-state index in [1.165, 1.54) is 6.07 Å². The highest BCUT2D eigenvalue weighted by molar-refractivity contribution is 5.57. The van der Waals surface area contributed by atoms with Crippen LogP contribution in [-0.2, 0) is 0 Å². The van der Waals surface area contributed by atoms with Gasteiger partial charge in [0.25, 0.3) is 0 Å². The van der Waals surface area contributed by atoms with Crippen molar-refractivity contribution in [3.63, 3.8) is 0 Å². The van der Waals surface area contributed by atoms with E-state index in [0.717, 1.165) is 12.1 Å². The first-order chi connectivity index (χ1) is 8.69. The van der Waals surface area contributed by atoms with Gasteiger partial charge in [-0.2, -0.15) is 0 Å². The Morgan fingerprint density at radius 3 is 2.89 bits per heavy atom. The zero-order valence-electron chi connectivity index (χ0n) is 10.4. The summed E-state index contributed by atoms with van der Waals surface area (Å²) in [4.78, 5) is 10.4. The molecule has 0 aromatic heterocycles. The van der Waals surface area contributed by atoms with Crippen molar-refractivity contribution in [3.8, 4) is 5.75 Å². The first-order valence-electron chi connectivity index (χ1n) is 5.95. The zero-order chi connectivity index (χ0) is 13.4. The second kappa shape index (κ2) is 7.50. The van der Waals surface area contributed by atoms with Crippen LogP contribution in [0.2, 0.25) is 0 Å². The number of rotatable bonds is 8. The number of nitro benzene ring substituents is 1. The highest BCUT2D eigenvalue weighted by Crippen LogP contribution is 2.30. The lowest BCUT2D eigenvalue weighted by molar-refractivity contribution is -0.385. The summed E-state index contributed by atoms with van der Waals surface area (Å²) < 4.78 is 5.36. The molecular weight excluding hydrogens is 236 g/mol. The smallest absolute Gasteiger partial charge is 0.311 e. The summed E-state index contributed by atoms with van der Waals surface area (Å²) in [6, 6.07) is 4.67. The molecule has 0 unspecified atom stereocenters. The molecular formula is C12H18N2O4. The summed E-state index contributed by atoms with van der Waals surface area (Å²) >= 11 is 0. The monoisotopic (exact) mass is 254 g/mol. The molecule has 0 spiro atoms. The molecule has 0 fully saturated rings. The van der Waals surface area contributed by atoms with Gasteiger partial charge in [-0.25, -0.2) is 0 Å². The van der Waals surface area contributed by atoms with E-state index in [1.54, 1.807) is 12.1 Å². The molecule has 0 saturated heterocycles. The lowest BCUT2D eigenvalue weighted by Gasteiger charge is -2.09. The van der Waals surface area contributed by atoms with Crippen LogP contribution >= 0.6 is 0 Å². The molecule has 0 radical (unpaired) electrons. The number of hydrogen-bond donors (Lipinski definition) is 2. The van der Waals surface area contributed by atoms with Crippen LogP contribution in [0.25, 0.3) is 0 Å². The van der Waals surface area contributed by atoms with Crippen LogP contribution in [0.5, 0.6) is 5.75 Å². The number of hydrogen-bond acceptors (Lipinski definition) is 5. The van der Waals surface area contributed by atoms with Crippen LogP contribution in [0.15, 0.2) is 18.2 Å². The van der Waals surface area contributed by atoms with Crippen molar-refractivity contribution in [1.82, 2.24) is 0 Å². The number of aliphatic hydroxyl groups excluding tert-OH is 1. The van der Waals surface area contributed by atoms with Gasteiger partial charge in [-0.1, -0.05) is 6.92 Å². The number of ether oxygens (including phenoxy) is 1. The molecule has 0 aliphatic heterocycles. The third-order valence-corrected chi connectivity index (χ3v) is 2.28. The molecule has 0 amide bonds. The fourth-order valence-corrected chi connectivity index (χ4v) is 1.41. The van der Waals surface area contributed by atoms with E-state index in [1.807, 2.05) is 6.92 Å². The molecule has 0 aliphatic carbocycles. The molecule has 18 heavy (non-hydrogen) atoms. The minimum absolute atomic E-state index is 0.0313. The highest BCUT2D eigenvalue weighted by atomic mass is 16.6. The van der Waals surface area contributed by atoms with E-state index in [9.17, 15) is 10.1 Å². The predicted octanol–water partition coefficient (Wildman–Crippen LogP) is 2.18. The Hall–Kier alpha value is -1.82. The van der Waals surface area contributed by atoms with Crippen LogP contribution in [0, 0.1) is 10.1 Å². The van der Waals surface area contributed by atoms with Crippen LogP contribution in [0.4, 0.5) is 11.4 Å². The topological polar surface area (TPSA) is 84.6 Å². The van der Waals surface area contributed by atoms with Crippen molar-refractivity contribution in [2.75, 3.05) is 25.1 Å². The first kappa shape index (κ1) is 14.2. The van der Waals surface area contributed by atoms with Gasteiger partial charge in [-0.3, -0.25) is 10.1 Å². The van der Waals surface area contributed by atoms with Gasteiger partial charge in [0, 0.05) is 31.0 Å². The maximum atomic E-state index is 10.8.